The van der Waals surface area contributed by atoms with Gasteiger partial charge in [-0.25, -0.2) is 9.07 Å². The van der Waals surface area contributed by atoms with Gasteiger partial charge in [-0.05, 0) is 62.2 Å². The molecule has 0 bridgehead atoms. The molecule has 0 aliphatic carbocycles. The molecule has 1 aliphatic heterocycles. The molecule has 2 amide bonds. The average Bonchev–Trinajstić information content (AvgIpc) is 3.35. The van der Waals surface area contributed by atoms with Crippen molar-refractivity contribution in [1.29, 1.82) is 0 Å². The van der Waals surface area contributed by atoms with E-state index in [9.17, 15) is 14.0 Å². The molecule has 0 spiro atoms. The highest BCUT2D eigenvalue weighted by Crippen LogP contribution is 2.25. The molecule has 0 unspecified atom stereocenters. The molecule has 2 aromatic heterocycles. The van der Waals surface area contributed by atoms with E-state index in [1.54, 1.807) is 47.5 Å². The van der Waals surface area contributed by atoms with E-state index in [0.717, 1.165) is 11.1 Å². The van der Waals surface area contributed by atoms with Crippen molar-refractivity contribution < 1.29 is 14.0 Å². The van der Waals surface area contributed by atoms with Gasteiger partial charge in [0.15, 0.2) is 0 Å². The Morgan fingerprint density at radius 3 is 2.42 bits per heavy atom. The second-order valence-corrected chi connectivity index (χ2v) is 8.96. The van der Waals surface area contributed by atoms with E-state index in [1.165, 1.54) is 12.1 Å². The van der Waals surface area contributed by atoms with Crippen LogP contribution in [0, 0.1) is 12.7 Å². The molecule has 1 saturated heterocycles. The molecule has 1 N–H and O–H groups in total. The van der Waals surface area contributed by atoms with Crippen molar-refractivity contribution in [3.05, 3.63) is 102 Å². The lowest BCUT2D eigenvalue weighted by atomic mass is 10.0. The van der Waals surface area contributed by atoms with Gasteiger partial charge in [-0.15, -0.1) is 0 Å². The van der Waals surface area contributed by atoms with E-state index >= 15 is 0 Å². The Hall–Kier alpha value is -4.33. The quantitative estimate of drug-likeness (QED) is 0.456. The Balaban J connectivity index is 1.34. The zero-order chi connectivity index (χ0) is 25.1. The van der Waals surface area contributed by atoms with Crippen LogP contribution in [0.15, 0.2) is 79.3 Å². The summed E-state index contributed by atoms with van der Waals surface area (Å²) in [6, 6.07) is 17.2. The number of amides is 2. The molecule has 3 heterocycles. The molecule has 2 aromatic carbocycles. The van der Waals surface area contributed by atoms with Crippen molar-refractivity contribution in [2.24, 2.45) is 0 Å². The van der Waals surface area contributed by atoms with Crippen molar-refractivity contribution in [1.82, 2.24) is 25.0 Å². The van der Waals surface area contributed by atoms with Crippen molar-refractivity contribution in [2.75, 3.05) is 13.1 Å². The average molecular weight is 484 g/mol. The first-order chi connectivity index (χ1) is 17.5. The van der Waals surface area contributed by atoms with Crippen LogP contribution in [0.4, 0.5) is 4.39 Å². The molecule has 1 aliphatic rings. The lowest BCUT2D eigenvalue weighted by Crippen LogP contribution is -2.46. The maximum Gasteiger partial charge on any atom is 0.255 e. The van der Waals surface area contributed by atoms with Gasteiger partial charge in [0.05, 0.1) is 11.3 Å². The van der Waals surface area contributed by atoms with Gasteiger partial charge in [-0.2, -0.15) is 5.10 Å². The maximum absolute atomic E-state index is 13.4. The van der Waals surface area contributed by atoms with E-state index in [-0.39, 0.29) is 23.7 Å². The minimum atomic E-state index is -0.337. The molecule has 0 atom stereocenters. The first kappa shape index (κ1) is 23.4. The zero-order valence-electron chi connectivity index (χ0n) is 19.9. The molecular formula is C28H26FN5O2. The number of nitrogens with zero attached hydrogens (tertiary/aromatic N) is 4. The van der Waals surface area contributed by atoms with Gasteiger partial charge >= 0.3 is 0 Å². The molecule has 182 valence electrons. The minimum absolute atomic E-state index is 0.0236. The van der Waals surface area contributed by atoms with E-state index in [2.05, 4.69) is 15.4 Å². The predicted octanol–water partition coefficient (Wildman–Crippen LogP) is 4.42. The fourth-order valence-electron chi connectivity index (χ4n) is 4.44. The third kappa shape index (κ3) is 5.02. The highest BCUT2D eigenvalue weighted by molar-refractivity contribution is 6.00. The second kappa shape index (κ2) is 10.1. The number of carbonyl (C=O) groups excluding carboxylic acids is 2. The lowest BCUT2D eigenvalue weighted by molar-refractivity contribution is 0.0698. The van der Waals surface area contributed by atoms with Crippen LogP contribution < -0.4 is 5.32 Å². The fraction of sp³-hybridized carbons (Fsp3) is 0.214. The largest absolute Gasteiger partial charge is 0.349 e. The molecular weight excluding hydrogens is 457 g/mol. The van der Waals surface area contributed by atoms with Crippen molar-refractivity contribution in [3.8, 4) is 16.9 Å². The van der Waals surface area contributed by atoms with E-state index < -0.39 is 0 Å². The number of pyridine rings is 1. The fourth-order valence-corrected chi connectivity index (χ4v) is 4.44. The number of likely N-dealkylation sites (tertiary alicyclic amines) is 1. The molecule has 1 fully saturated rings. The molecule has 36 heavy (non-hydrogen) atoms. The first-order valence-electron chi connectivity index (χ1n) is 11.9. The summed E-state index contributed by atoms with van der Waals surface area (Å²) in [6.07, 6.45) is 6.22. The highest BCUT2D eigenvalue weighted by atomic mass is 19.1. The number of halogens is 1. The van der Waals surface area contributed by atoms with Gasteiger partial charge < -0.3 is 10.2 Å². The Morgan fingerprint density at radius 1 is 1.00 bits per heavy atom. The zero-order valence-corrected chi connectivity index (χ0v) is 19.9. The van der Waals surface area contributed by atoms with Gasteiger partial charge in [-0.1, -0.05) is 23.8 Å². The lowest BCUT2D eigenvalue weighted by Gasteiger charge is -2.32. The number of hydrogen-bond acceptors (Lipinski definition) is 4. The van der Waals surface area contributed by atoms with Crippen LogP contribution in [0.25, 0.3) is 16.9 Å². The van der Waals surface area contributed by atoms with Crippen LogP contribution in [0.1, 0.15) is 39.1 Å². The number of aromatic nitrogens is 3. The van der Waals surface area contributed by atoms with Gasteiger partial charge in [0, 0.05) is 48.8 Å². The van der Waals surface area contributed by atoms with Crippen molar-refractivity contribution in [2.45, 2.75) is 25.8 Å². The van der Waals surface area contributed by atoms with Crippen molar-refractivity contribution in [3.63, 3.8) is 0 Å². The van der Waals surface area contributed by atoms with Crippen LogP contribution in [0.2, 0.25) is 0 Å². The van der Waals surface area contributed by atoms with Gasteiger partial charge in [-0.3, -0.25) is 14.6 Å². The molecule has 8 heteroatoms. The summed E-state index contributed by atoms with van der Waals surface area (Å²) in [6.45, 7) is 3.11. The molecule has 0 radical (unpaired) electrons. The molecule has 7 nitrogen and oxygen atoms in total. The Labute approximate surface area is 208 Å². The number of benzene rings is 2. The summed E-state index contributed by atoms with van der Waals surface area (Å²) in [5.41, 5.74) is 4.17. The summed E-state index contributed by atoms with van der Waals surface area (Å²) in [7, 11) is 0. The van der Waals surface area contributed by atoms with Gasteiger partial charge in [0.1, 0.15) is 11.5 Å². The first-order valence-corrected chi connectivity index (χ1v) is 11.9. The minimum Gasteiger partial charge on any atom is -0.349 e. The second-order valence-electron chi connectivity index (χ2n) is 8.96. The van der Waals surface area contributed by atoms with Crippen molar-refractivity contribution >= 4 is 11.8 Å². The number of piperidine rings is 1. The number of aryl methyl sites for hydroxylation is 1. The van der Waals surface area contributed by atoms with E-state index in [0.29, 0.717) is 48.4 Å². The van der Waals surface area contributed by atoms with Crippen LogP contribution >= 0.6 is 0 Å². The summed E-state index contributed by atoms with van der Waals surface area (Å²) >= 11 is 0. The smallest absolute Gasteiger partial charge is 0.255 e. The summed E-state index contributed by atoms with van der Waals surface area (Å²) < 4.78 is 15.0. The Morgan fingerprint density at radius 2 is 1.72 bits per heavy atom. The van der Waals surface area contributed by atoms with Gasteiger partial charge in [0.2, 0.25) is 0 Å². The number of hydrogen-bond donors (Lipinski definition) is 1. The van der Waals surface area contributed by atoms with Crippen LogP contribution in [0.3, 0.4) is 0 Å². The third-order valence-electron chi connectivity index (χ3n) is 6.39. The van der Waals surface area contributed by atoms with E-state index in [1.807, 2.05) is 36.1 Å². The monoisotopic (exact) mass is 483 g/mol. The molecule has 4 aromatic rings. The topological polar surface area (TPSA) is 80.1 Å². The normalized spacial score (nSPS) is 14.0. The van der Waals surface area contributed by atoms with Crippen LogP contribution in [0.5, 0.6) is 0 Å². The highest BCUT2D eigenvalue weighted by Gasteiger charge is 2.27. The predicted molar refractivity (Wildman–Crippen MR) is 134 cm³/mol. The summed E-state index contributed by atoms with van der Waals surface area (Å²) in [5.74, 6) is -0.584. The number of nitrogens with one attached hydrogen (secondary N) is 1. The number of carbonyl (C=O) groups is 2. The standard InChI is InChI=1S/C28H26FN5O2/c1-19-3-2-4-21(17-19)26-25(18-34(32-26)24-7-5-22(29)6-8-24)27(35)31-23-11-15-33(16-12-23)28(36)20-9-13-30-14-10-20/h2-10,13-14,17-18,23H,11-12,15-16H2,1H3,(H,31,35). The number of rotatable bonds is 5. The SMILES string of the molecule is Cc1cccc(-c2nn(-c3ccc(F)cc3)cc2C(=O)NC2CCN(C(=O)c3ccncc3)CC2)c1. The molecule has 0 saturated carbocycles. The summed E-state index contributed by atoms with van der Waals surface area (Å²) in [4.78, 5) is 31.9. The summed E-state index contributed by atoms with van der Waals surface area (Å²) in [5, 5.41) is 7.81. The Bertz CT molecular complexity index is 1380. The Kier molecular flexibility index (Phi) is 6.58. The molecule has 5 rings (SSSR count). The van der Waals surface area contributed by atoms with Gasteiger partial charge in [0.25, 0.3) is 11.8 Å². The van der Waals surface area contributed by atoms with Crippen LogP contribution in [-0.4, -0.2) is 50.6 Å². The maximum atomic E-state index is 13.4. The third-order valence-corrected chi connectivity index (χ3v) is 6.39. The van der Waals surface area contributed by atoms with E-state index in [4.69, 9.17) is 0 Å². The van der Waals surface area contributed by atoms with Crippen LogP contribution in [-0.2, 0) is 0 Å².